The second-order valence-corrected chi connectivity index (χ2v) is 9.17. The van der Waals surface area contributed by atoms with Gasteiger partial charge in [0.15, 0.2) is 0 Å². The fraction of sp³-hybridized carbons (Fsp3) is 0.0909. The average molecular weight is 476 g/mol. The third-order valence-corrected chi connectivity index (χ3v) is 6.41. The molecule has 0 saturated heterocycles. The molecular weight excluding hydrogens is 460 g/mol. The van der Waals surface area contributed by atoms with Crippen molar-refractivity contribution in [3.05, 3.63) is 101 Å². The van der Waals surface area contributed by atoms with Gasteiger partial charge < -0.3 is 0 Å². The lowest BCUT2D eigenvalue weighted by Gasteiger charge is -2.16. The van der Waals surface area contributed by atoms with Crippen LogP contribution >= 0.6 is 11.6 Å². The second kappa shape index (κ2) is 8.68. The van der Waals surface area contributed by atoms with Gasteiger partial charge in [0.05, 0.1) is 17.2 Å². The summed E-state index contributed by atoms with van der Waals surface area (Å²) in [7, 11) is -4.52. The predicted molar refractivity (Wildman–Crippen MR) is 116 cm³/mol. The van der Waals surface area contributed by atoms with Crippen LogP contribution in [-0.4, -0.2) is 31.7 Å². The van der Waals surface area contributed by atoms with Crippen molar-refractivity contribution in [3.8, 4) is 0 Å². The van der Waals surface area contributed by atoms with Crippen molar-refractivity contribution in [3.63, 3.8) is 0 Å². The Morgan fingerprint density at radius 3 is 2.25 bits per heavy atom. The van der Waals surface area contributed by atoms with E-state index in [0.717, 1.165) is 10.6 Å². The van der Waals surface area contributed by atoms with Crippen LogP contribution in [0.3, 0.4) is 0 Å². The monoisotopic (exact) mass is 475 g/mol. The fourth-order valence-corrected chi connectivity index (χ4v) is 4.48. The van der Waals surface area contributed by atoms with E-state index in [4.69, 9.17) is 11.6 Å². The molecule has 1 unspecified atom stereocenters. The first kappa shape index (κ1) is 21.9. The molecule has 0 bridgehead atoms. The van der Waals surface area contributed by atoms with Crippen molar-refractivity contribution in [2.45, 2.75) is 10.8 Å². The Morgan fingerprint density at radius 1 is 1.00 bits per heavy atom. The number of amides is 2. The molecule has 0 fully saturated rings. The number of rotatable bonds is 4. The van der Waals surface area contributed by atoms with Crippen molar-refractivity contribution in [1.29, 1.82) is 0 Å². The Hall–Kier alpha value is -3.30. The van der Waals surface area contributed by atoms with Crippen molar-refractivity contribution >= 4 is 33.4 Å². The van der Waals surface area contributed by atoms with Crippen LogP contribution in [0.4, 0.5) is 13.6 Å². The Morgan fingerprint density at radius 2 is 1.62 bits per heavy atom. The lowest BCUT2D eigenvalue weighted by Crippen LogP contribution is -2.39. The highest BCUT2D eigenvalue weighted by atomic mass is 35.5. The Bertz CT molecular complexity index is 1280. The zero-order valence-corrected chi connectivity index (χ0v) is 17.9. The van der Waals surface area contributed by atoms with E-state index in [2.05, 4.69) is 5.10 Å². The van der Waals surface area contributed by atoms with E-state index in [0.29, 0.717) is 34.5 Å². The lowest BCUT2D eigenvalue weighted by molar-refractivity contribution is 0.210. The molecule has 164 valence electrons. The number of sulfonamides is 1. The van der Waals surface area contributed by atoms with Gasteiger partial charge in [-0.25, -0.2) is 31.7 Å². The Kier molecular flexibility index (Phi) is 5.94. The number of carbonyl (C=O) groups is 1. The quantitative estimate of drug-likeness (QED) is 0.602. The molecule has 0 spiro atoms. The van der Waals surface area contributed by atoms with Crippen molar-refractivity contribution in [2.75, 3.05) is 6.54 Å². The van der Waals surface area contributed by atoms with Crippen LogP contribution < -0.4 is 4.72 Å². The Labute approximate surface area is 188 Å². The maximum atomic E-state index is 13.4. The third-order valence-electron chi connectivity index (χ3n) is 4.86. The number of nitrogens with one attached hydrogen (secondary N) is 1. The molecule has 10 heteroatoms. The molecule has 0 aliphatic carbocycles. The third kappa shape index (κ3) is 4.63. The topological polar surface area (TPSA) is 78.8 Å². The van der Waals surface area contributed by atoms with Gasteiger partial charge in [-0.3, -0.25) is 0 Å². The van der Waals surface area contributed by atoms with Crippen LogP contribution in [-0.2, 0) is 10.0 Å². The van der Waals surface area contributed by atoms with Gasteiger partial charge in [0.2, 0.25) is 0 Å². The molecule has 0 aromatic heterocycles. The minimum atomic E-state index is -4.52. The minimum Gasteiger partial charge on any atom is -0.246 e. The number of nitrogens with zero attached hydrogens (tertiary/aromatic N) is 2. The van der Waals surface area contributed by atoms with Gasteiger partial charge in [0.1, 0.15) is 11.6 Å². The summed E-state index contributed by atoms with van der Waals surface area (Å²) < 4.78 is 53.7. The summed E-state index contributed by atoms with van der Waals surface area (Å²) in [6.45, 7) is 0.0703. The highest BCUT2D eigenvalue weighted by molar-refractivity contribution is 7.90. The number of hydrazone groups is 1. The van der Waals surface area contributed by atoms with E-state index >= 15 is 0 Å². The molecule has 4 rings (SSSR count). The van der Waals surface area contributed by atoms with Crippen molar-refractivity contribution in [1.82, 2.24) is 9.73 Å². The maximum Gasteiger partial charge on any atom is 0.351 e. The number of halogens is 3. The molecule has 0 radical (unpaired) electrons. The fourth-order valence-electron chi connectivity index (χ4n) is 3.37. The van der Waals surface area contributed by atoms with Crippen LogP contribution in [0.2, 0.25) is 5.02 Å². The molecular formula is C22H16ClF2N3O3S. The highest BCUT2D eigenvalue weighted by Crippen LogP contribution is 2.29. The van der Waals surface area contributed by atoms with E-state index in [1.807, 2.05) is 35.1 Å². The van der Waals surface area contributed by atoms with Crippen LogP contribution in [0, 0.1) is 11.6 Å². The number of benzene rings is 3. The summed E-state index contributed by atoms with van der Waals surface area (Å²) in [4.78, 5) is 12.0. The number of urea groups is 1. The average Bonchev–Trinajstić information content (AvgIpc) is 3.20. The minimum absolute atomic E-state index is 0.0703. The van der Waals surface area contributed by atoms with Gasteiger partial charge in [-0.1, -0.05) is 54.1 Å². The van der Waals surface area contributed by atoms with Gasteiger partial charge in [-0.15, -0.1) is 0 Å². The number of carbonyl (C=O) groups excluding carboxylic acids is 1. The first-order valence-corrected chi connectivity index (χ1v) is 11.3. The summed E-state index contributed by atoms with van der Waals surface area (Å²) in [5.41, 5.74) is 2.15. The first-order valence-electron chi connectivity index (χ1n) is 9.43. The number of hydrogen-bond donors (Lipinski definition) is 1. The molecule has 1 heterocycles. The summed E-state index contributed by atoms with van der Waals surface area (Å²) in [6, 6.07) is 16.9. The van der Waals surface area contributed by atoms with E-state index < -0.39 is 32.6 Å². The maximum absolute atomic E-state index is 13.4. The van der Waals surface area contributed by atoms with Crippen LogP contribution in [0.25, 0.3) is 0 Å². The molecule has 2 amide bonds. The molecule has 1 atom stereocenters. The molecule has 32 heavy (non-hydrogen) atoms. The zero-order valence-electron chi connectivity index (χ0n) is 16.4. The Balaban J connectivity index is 1.64. The second-order valence-electron chi connectivity index (χ2n) is 7.05. The summed E-state index contributed by atoms with van der Waals surface area (Å²) in [5.74, 6) is -2.48. The van der Waals surface area contributed by atoms with Crippen molar-refractivity contribution in [2.24, 2.45) is 5.10 Å². The SMILES string of the molecule is O=C(NS(=O)(=O)c1cc(F)cc(F)c1)N1CC(c2ccccc2)C(c2ccc(Cl)cc2)=N1. The van der Waals surface area contributed by atoms with Gasteiger partial charge >= 0.3 is 6.03 Å². The van der Waals surface area contributed by atoms with E-state index in [1.54, 1.807) is 24.3 Å². The number of hydrogen-bond acceptors (Lipinski definition) is 4. The smallest absolute Gasteiger partial charge is 0.246 e. The molecule has 3 aromatic carbocycles. The van der Waals surface area contributed by atoms with Gasteiger partial charge in [0.25, 0.3) is 10.0 Å². The summed E-state index contributed by atoms with van der Waals surface area (Å²) in [5, 5.41) is 5.86. The molecule has 1 aliphatic rings. The van der Waals surface area contributed by atoms with Gasteiger partial charge in [-0.05, 0) is 35.4 Å². The lowest BCUT2D eigenvalue weighted by atomic mass is 9.91. The van der Waals surface area contributed by atoms with Crippen LogP contribution in [0.15, 0.2) is 82.8 Å². The summed E-state index contributed by atoms with van der Waals surface area (Å²) >= 11 is 5.97. The standard InChI is InChI=1S/C22H16ClF2N3O3S/c23-16-8-6-15(7-9-16)21-20(14-4-2-1-3-5-14)13-28(26-21)22(29)27-32(30,31)19-11-17(24)10-18(25)12-19/h1-12,20H,13H2,(H,27,29). The predicted octanol–water partition coefficient (Wildman–Crippen LogP) is 4.52. The molecule has 0 saturated carbocycles. The zero-order chi connectivity index (χ0) is 22.9. The van der Waals surface area contributed by atoms with E-state index in [9.17, 15) is 22.0 Å². The molecule has 1 N–H and O–H groups in total. The molecule has 6 nitrogen and oxygen atoms in total. The van der Waals surface area contributed by atoms with Gasteiger partial charge in [0, 0.05) is 17.0 Å². The normalized spacial score (nSPS) is 16.0. The first-order chi connectivity index (χ1) is 15.2. The van der Waals surface area contributed by atoms with Crippen molar-refractivity contribution < 1.29 is 22.0 Å². The van der Waals surface area contributed by atoms with Crippen LogP contribution in [0.5, 0.6) is 0 Å². The van der Waals surface area contributed by atoms with E-state index in [-0.39, 0.29) is 12.5 Å². The largest absolute Gasteiger partial charge is 0.351 e. The van der Waals surface area contributed by atoms with Crippen LogP contribution in [0.1, 0.15) is 17.0 Å². The molecule has 1 aliphatic heterocycles. The summed E-state index contributed by atoms with van der Waals surface area (Å²) in [6.07, 6.45) is 0. The highest BCUT2D eigenvalue weighted by Gasteiger charge is 2.34. The van der Waals surface area contributed by atoms with Gasteiger partial charge in [-0.2, -0.15) is 5.10 Å². The molecule has 3 aromatic rings. The van der Waals surface area contributed by atoms with E-state index in [1.165, 1.54) is 0 Å².